The summed E-state index contributed by atoms with van der Waals surface area (Å²) < 4.78 is 14.5. The molecule has 4 aromatic rings. The molecule has 1 amide bonds. The Hall–Kier alpha value is -4.14. The molecular weight excluding hydrogens is 421 g/mol. The first kappa shape index (κ1) is 22.1. The van der Waals surface area contributed by atoms with Gasteiger partial charge in [-0.1, -0.05) is 6.07 Å². The van der Waals surface area contributed by atoms with Crippen molar-refractivity contribution in [2.75, 3.05) is 30.8 Å². The van der Waals surface area contributed by atoms with Crippen LogP contribution in [0.5, 0.6) is 0 Å². The first-order chi connectivity index (χ1) is 16.1. The molecule has 0 fully saturated rings. The van der Waals surface area contributed by atoms with Crippen LogP contribution in [0, 0.1) is 5.82 Å². The number of hydrogen-bond donors (Lipinski definition) is 3. The van der Waals surface area contributed by atoms with Crippen molar-refractivity contribution in [1.29, 1.82) is 0 Å². The van der Waals surface area contributed by atoms with Gasteiger partial charge in [0.15, 0.2) is 0 Å². The van der Waals surface area contributed by atoms with Crippen LogP contribution in [0.15, 0.2) is 55.1 Å². The van der Waals surface area contributed by atoms with Crippen molar-refractivity contribution in [2.45, 2.75) is 13.3 Å². The van der Waals surface area contributed by atoms with E-state index in [0.717, 1.165) is 29.2 Å². The summed E-state index contributed by atoms with van der Waals surface area (Å²) in [6.45, 7) is 3.37. The molecule has 9 heteroatoms. The molecule has 0 unspecified atom stereocenters. The molecule has 0 aliphatic rings. The molecule has 33 heavy (non-hydrogen) atoms. The summed E-state index contributed by atoms with van der Waals surface area (Å²) in [7, 11) is 1.52. The van der Waals surface area contributed by atoms with E-state index in [1.165, 1.54) is 31.7 Å². The van der Waals surface area contributed by atoms with E-state index in [1.807, 2.05) is 25.1 Å². The van der Waals surface area contributed by atoms with E-state index in [-0.39, 0.29) is 16.9 Å². The maximum Gasteiger partial charge on any atom is 0.251 e. The summed E-state index contributed by atoms with van der Waals surface area (Å²) in [4.78, 5) is 29.5. The van der Waals surface area contributed by atoms with Gasteiger partial charge in [0.2, 0.25) is 0 Å². The fraction of sp³-hybridized carbons (Fsp3) is 0.208. The first-order valence-electron chi connectivity index (χ1n) is 10.6. The van der Waals surface area contributed by atoms with Gasteiger partial charge in [-0.25, -0.2) is 19.3 Å². The van der Waals surface area contributed by atoms with Crippen molar-refractivity contribution >= 4 is 28.4 Å². The van der Waals surface area contributed by atoms with E-state index >= 15 is 0 Å². The zero-order chi connectivity index (χ0) is 23.2. The molecule has 3 heterocycles. The highest BCUT2D eigenvalue weighted by molar-refractivity contribution is 6.06. The summed E-state index contributed by atoms with van der Waals surface area (Å²) in [6, 6.07) is 10.3. The number of nitrogens with one attached hydrogen (secondary N) is 3. The highest BCUT2D eigenvalue weighted by Gasteiger charge is 2.15. The molecule has 168 valence electrons. The van der Waals surface area contributed by atoms with E-state index in [2.05, 4.69) is 35.9 Å². The minimum atomic E-state index is -0.470. The number of aromatic nitrogens is 4. The van der Waals surface area contributed by atoms with Crippen LogP contribution < -0.4 is 16.0 Å². The molecule has 0 saturated heterocycles. The minimum absolute atomic E-state index is 0.229. The van der Waals surface area contributed by atoms with Crippen LogP contribution in [0.2, 0.25) is 0 Å². The van der Waals surface area contributed by atoms with Gasteiger partial charge in [-0.15, -0.1) is 0 Å². The number of amides is 1. The number of benzene rings is 1. The largest absolute Gasteiger partial charge is 0.370 e. The molecule has 0 atom stereocenters. The molecule has 3 aromatic heterocycles. The lowest BCUT2D eigenvalue weighted by Gasteiger charge is -2.11. The Labute approximate surface area is 190 Å². The first-order valence-corrected chi connectivity index (χ1v) is 10.6. The molecule has 8 nitrogen and oxygen atoms in total. The van der Waals surface area contributed by atoms with Crippen LogP contribution in [0.1, 0.15) is 22.8 Å². The number of pyridine rings is 2. The normalized spacial score (nSPS) is 10.8. The van der Waals surface area contributed by atoms with Gasteiger partial charge in [0, 0.05) is 49.5 Å². The Bertz CT molecular complexity index is 1280. The van der Waals surface area contributed by atoms with Gasteiger partial charge in [0.05, 0.1) is 16.8 Å². The average Bonchev–Trinajstić information content (AvgIpc) is 2.85. The van der Waals surface area contributed by atoms with Crippen molar-refractivity contribution in [3.05, 3.63) is 72.1 Å². The minimum Gasteiger partial charge on any atom is -0.370 e. The Morgan fingerprint density at radius 3 is 2.64 bits per heavy atom. The maximum atomic E-state index is 14.5. The Balaban J connectivity index is 1.49. The molecule has 0 saturated carbocycles. The molecule has 3 N–H and O–H groups in total. The Morgan fingerprint density at radius 2 is 1.88 bits per heavy atom. The van der Waals surface area contributed by atoms with Crippen molar-refractivity contribution in [1.82, 2.24) is 25.3 Å². The molecule has 0 aliphatic heterocycles. The van der Waals surface area contributed by atoms with Gasteiger partial charge in [0.25, 0.3) is 5.91 Å². The number of carbonyl (C=O) groups excluding carboxylic acids is 1. The second-order valence-electron chi connectivity index (χ2n) is 7.30. The third-order valence-electron chi connectivity index (χ3n) is 5.18. The van der Waals surface area contributed by atoms with Gasteiger partial charge in [-0.2, -0.15) is 0 Å². The van der Waals surface area contributed by atoms with Crippen molar-refractivity contribution in [3.63, 3.8) is 0 Å². The number of carbonyl (C=O) groups is 1. The maximum absolute atomic E-state index is 14.5. The molecule has 0 bridgehead atoms. The van der Waals surface area contributed by atoms with Gasteiger partial charge >= 0.3 is 0 Å². The van der Waals surface area contributed by atoms with Crippen LogP contribution in [-0.4, -0.2) is 46.0 Å². The highest BCUT2D eigenvalue weighted by Crippen LogP contribution is 2.24. The molecule has 4 rings (SSSR count). The zero-order valence-corrected chi connectivity index (χ0v) is 18.4. The van der Waals surface area contributed by atoms with Crippen LogP contribution in [0.3, 0.4) is 0 Å². The van der Waals surface area contributed by atoms with Gasteiger partial charge in [-0.05, 0) is 43.2 Å². The quantitative estimate of drug-likeness (QED) is 0.380. The number of rotatable bonds is 8. The second kappa shape index (κ2) is 9.99. The predicted octanol–water partition coefficient (Wildman–Crippen LogP) is 3.67. The van der Waals surface area contributed by atoms with Gasteiger partial charge < -0.3 is 16.0 Å². The second-order valence-corrected chi connectivity index (χ2v) is 7.30. The van der Waals surface area contributed by atoms with Crippen LogP contribution >= 0.6 is 0 Å². The molecule has 1 aromatic carbocycles. The van der Waals surface area contributed by atoms with Crippen LogP contribution in [0.4, 0.5) is 16.0 Å². The third-order valence-corrected chi connectivity index (χ3v) is 5.18. The van der Waals surface area contributed by atoms with E-state index in [9.17, 15) is 9.18 Å². The summed E-state index contributed by atoms with van der Waals surface area (Å²) in [5.41, 5.74) is 3.23. The summed E-state index contributed by atoms with van der Waals surface area (Å²) in [5, 5.41) is 9.22. The highest BCUT2D eigenvalue weighted by atomic mass is 19.1. The lowest BCUT2D eigenvalue weighted by molar-refractivity contribution is 0.0964. The van der Waals surface area contributed by atoms with E-state index in [0.29, 0.717) is 24.3 Å². The standard InChI is InChI=1S/C24H24FN7O/c1-3-27-20-7-5-16(13-30-20)19-12-21(32-14-31-19)28-10-8-15-4-6-18(25)22-17(24(33)26-2)9-11-29-23(15)22/h4-7,9,11-14H,3,8,10H2,1-2H3,(H,26,33)(H,27,30)(H,28,31,32). The molecule has 0 radical (unpaired) electrons. The number of anilines is 2. The molecule has 0 spiro atoms. The van der Waals surface area contributed by atoms with Crippen LogP contribution in [-0.2, 0) is 6.42 Å². The van der Waals surface area contributed by atoms with E-state index in [1.54, 1.807) is 12.3 Å². The molecule has 0 aliphatic carbocycles. The number of hydrogen-bond acceptors (Lipinski definition) is 7. The van der Waals surface area contributed by atoms with Gasteiger partial charge in [-0.3, -0.25) is 9.78 Å². The third kappa shape index (κ3) is 4.87. The monoisotopic (exact) mass is 445 g/mol. The fourth-order valence-corrected chi connectivity index (χ4v) is 3.58. The number of nitrogens with zero attached hydrogens (tertiary/aromatic N) is 4. The van der Waals surface area contributed by atoms with Crippen LogP contribution in [0.25, 0.3) is 22.2 Å². The number of fused-ring (bicyclic) bond motifs is 1. The van der Waals surface area contributed by atoms with Gasteiger partial charge in [0.1, 0.15) is 23.8 Å². The Morgan fingerprint density at radius 1 is 1.00 bits per heavy atom. The van der Waals surface area contributed by atoms with Crippen molar-refractivity contribution in [2.24, 2.45) is 0 Å². The van der Waals surface area contributed by atoms with E-state index in [4.69, 9.17) is 0 Å². The summed E-state index contributed by atoms with van der Waals surface area (Å²) >= 11 is 0. The lowest BCUT2D eigenvalue weighted by atomic mass is 10.0. The fourth-order valence-electron chi connectivity index (χ4n) is 3.58. The predicted molar refractivity (Wildman–Crippen MR) is 127 cm³/mol. The number of halogens is 1. The average molecular weight is 446 g/mol. The SMILES string of the molecule is CCNc1ccc(-c2cc(NCCc3ccc(F)c4c(C(=O)NC)ccnc34)ncn2)cn1. The van der Waals surface area contributed by atoms with E-state index < -0.39 is 5.82 Å². The smallest absolute Gasteiger partial charge is 0.251 e. The summed E-state index contributed by atoms with van der Waals surface area (Å²) in [5.74, 6) is 0.662. The molecular formula is C24H24FN7O. The van der Waals surface area contributed by atoms with Crippen molar-refractivity contribution in [3.8, 4) is 11.3 Å². The lowest BCUT2D eigenvalue weighted by Crippen LogP contribution is -2.18. The topological polar surface area (TPSA) is 105 Å². The van der Waals surface area contributed by atoms with Crippen molar-refractivity contribution < 1.29 is 9.18 Å². The zero-order valence-electron chi connectivity index (χ0n) is 18.4. The summed E-state index contributed by atoms with van der Waals surface area (Å²) in [6.07, 6.45) is 5.36. The Kier molecular flexibility index (Phi) is 6.68.